The Morgan fingerprint density at radius 3 is 2.68 bits per heavy atom. The van der Waals surface area contributed by atoms with Crippen LogP contribution in [0.1, 0.15) is 26.3 Å². The zero-order valence-electron chi connectivity index (χ0n) is 11.4. The largest absolute Gasteiger partial charge is 0.479 e. The Kier molecular flexibility index (Phi) is 6.31. The number of aliphatic carboxylic acids is 1. The first-order valence-corrected chi connectivity index (χ1v) is 7.08. The van der Waals surface area contributed by atoms with Crippen LogP contribution in [0.25, 0.3) is 0 Å². The molecule has 1 atom stereocenters. The predicted octanol–water partition coefficient (Wildman–Crippen LogP) is 3.05. The quantitative estimate of drug-likeness (QED) is 0.807. The highest BCUT2D eigenvalue weighted by Gasteiger charge is 2.13. The van der Waals surface area contributed by atoms with Crippen LogP contribution >= 0.6 is 15.9 Å². The molecule has 0 saturated heterocycles. The van der Waals surface area contributed by atoms with Crippen molar-refractivity contribution < 1.29 is 14.6 Å². The van der Waals surface area contributed by atoms with Crippen molar-refractivity contribution in [3.8, 4) is 5.75 Å². The van der Waals surface area contributed by atoms with E-state index >= 15 is 0 Å². The van der Waals surface area contributed by atoms with E-state index in [4.69, 9.17) is 9.84 Å². The van der Waals surface area contributed by atoms with Gasteiger partial charge in [-0.2, -0.15) is 0 Å². The third kappa shape index (κ3) is 5.61. The minimum absolute atomic E-state index is 0.569. The summed E-state index contributed by atoms with van der Waals surface area (Å²) in [6.45, 7) is 7.47. The minimum atomic E-state index is -0.970. The van der Waals surface area contributed by atoms with Crippen molar-refractivity contribution in [3.63, 3.8) is 0 Å². The first kappa shape index (κ1) is 16.0. The molecule has 5 heteroatoms. The molecule has 0 radical (unpaired) electrons. The number of hydrogen-bond acceptors (Lipinski definition) is 3. The van der Waals surface area contributed by atoms with E-state index in [0.29, 0.717) is 11.7 Å². The van der Waals surface area contributed by atoms with E-state index in [1.54, 1.807) is 6.07 Å². The molecule has 0 spiro atoms. The van der Waals surface area contributed by atoms with Gasteiger partial charge in [-0.3, -0.25) is 0 Å². The number of ether oxygens (including phenoxy) is 1. The van der Waals surface area contributed by atoms with Crippen LogP contribution in [0.4, 0.5) is 0 Å². The van der Waals surface area contributed by atoms with Crippen LogP contribution < -0.4 is 10.1 Å². The average molecular weight is 330 g/mol. The van der Waals surface area contributed by atoms with Crippen LogP contribution in [0, 0.1) is 5.92 Å². The second kappa shape index (κ2) is 7.50. The van der Waals surface area contributed by atoms with Crippen molar-refractivity contribution in [3.05, 3.63) is 28.2 Å². The molecule has 0 amide bonds. The van der Waals surface area contributed by atoms with E-state index in [2.05, 4.69) is 35.1 Å². The highest BCUT2D eigenvalue weighted by molar-refractivity contribution is 9.10. The summed E-state index contributed by atoms with van der Waals surface area (Å²) in [6, 6.07) is 5.49. The fraction of sp³-hybridized carbons (Fsp3) is 0.500. The molecule has 0 aliphatic carbocycles. The normalized spacial score (nSPS) is 12.5. The summed E-state index contributed by atoms with van der Waals surface area (Å²) in [5, 5.41) is 12.2. The maximum absolute atomic E-state index is 10.8. The lowest BCUT2D eigenvalue weighted by Gasteiger charge is -2.13. The molecule has 106 valence electrons. The van der Waals surface area contributed by atoms with Gasteiger partial charge in [-0.1, -0.05) is 29.8 Å². The number of halogens is 1. The molecule has 1 aromatic rings. The summed E-state index contributed by atoms with van der Waals surface area (Å²) in [5.74, 6) is 0.187. The second-order valence-corrected chi connectivity index (χ2v) is 5.73. The highest BCUT2D eigenvalue weighted by atomic mass is 79.9. The molecular weight excluding hydrogens is 310 g/mol. The molecule has 0 aliphatic rings. The smallest absolute Gasteiger partial charge is 0.344 e. The second-order valence-electron chi connectivity index (χ2n) is 4.88. The fourth-order valence-electron chi connectivity index (χ4n) is 1.51. The van der Waals surface area contributed by atoms with Crippen molar-refractivity contribution in [2.75, 3.05) is 6.54 Å². The Hall–Kier alpha value is -1.07. The van der Waals surface area contributed by atoms with Crippen molar-refractivity contribution in [2.45, 2.75) is 33.4 Å². The Labute approximate surface area is 122 Å². The average Bonchev–Trinajstić information content (AvgIpc) is 2.32. The van der Waals surface area contributed by atoms with Gasteiger partial charge in [0.05, 0.1) is 0 Å². The third-order valence-corrected chi connectivity index (χ3v) is 3.32. The van der Waals surface area contributed by atoms with Gasteiger partial charge in [-0.05, 0) is 43.1 Å². The van der Waals surface area contributed by atoms with E-state index < -0.39 is 12.1 Å². The summed E-state index contributed by atoms with van der Waals surface area (Å²) in [6.07, 6.45) is -0.849. The summed E-state index contributed by atoms with van der Waals surface area (Å²) < 4.78 is 6.34. The monoisotopic (exact) mass is 329 g/mol. The van der Waals surface area contributed by atoms with Gasteiger partial charge in [0.1, 0.15) is 5.75 Å². The Balaban J connectivity index is 2.68. The Morgan fingerprint density at radius 2 is 2.11 bits per heavy atom. The molecule has 0 saturated carbocycles. The first-order valence-electron chi connectivity index (χ1n) is 6.28. The molecule has 1 rings (SSSR count). The molecule has 0 aliphatic heterocycles. The van der Waals surface area contributed by atoms with Gasteiger partial charge in [-0.15, -0.1) is 0 Å². The van der Waals surface area contributed by atoms with E-state index in [9.17, 15) is 4.79 Å². The summed E-state index contributed by atoms with van der Waals surface area (Å²) in [5.41, 5.74) is 1.05. The molecule has 0 heterocycles. The molecule has 4 nitrogen and oxygen atoms in total. The van der Waals surface area contributed by atoms with Crippen LogP contribution in [0.5, 0.6) is 5.75 Å². The van der Waals surface area contributed by atoms with E-state index in [1.165, 1.54) is 6.92 Å². The van der Waals surface area contributed by atoms with Crippen molar-refractivity contribution in [1.82, 2.24) is 5.32 Å². The number of benzene rings is 1. The summed E-state index contributed by atoms with van der Waals surface area (Å²) in [7, 11) is 0. The maximum Gasteiger partial charge on any atom is 0.344 e. The van der Waals surface area contributed by atoms with Gasteiger partial charge < -0.3 is 15.2 Å². The maximum atomic E-state index is 10.8. The van der Waals surface area contributed by atoms with Crippen LogP contribution in [0.15, 0.2) is 22.7 Å². The number of carboxylic acid groups (broad SMARTS) is 1. The van der Waals surface area contributed by atoms with Crippen molar-refractivity contribution in [2.24, 2.45) is 5.92 Å². The molecular formula is C14H20BrNO3. The van der Waals surface area contributed by atoms with Crippen LogP contribution in [-0.2, 0) is 11.3 Å². The lowest BCUT2D eigenvalue weighted by atomic mass is 10.2. The molecule has 1 aromatic carbocycles. The van der Waals surface area contributed by atoms with Gasteiger partial charge in [0.15, 0.2) is 6.10 Å². The van der Waals surface area contributed by atoms with Gasteiger partial charge in [0.2, 0.25) is 0 Å². The first-order chi connectivity index (χ1) is 8.90. The van der Waals surface area contributed by atoms with Crippen LogP contribution in [0.2, 0.25) is 0 Å². The predicted molar refractivity (Wildman–Crippen MR) is 78.4 cm³/mol. The lowest BCUT2D eigenvalue weighted by molar-refractivity contribution is -0.144. The van der Waals surface area contributed by atoms with Gasteiger partial charge in [0.25, 0.3) is 0 Å². The standard InChI is InChI=1S/C14H20BrNO3/c1-9(2)7-16-8-11-6-12(4-5-13(11)15)19-10(3)14(17)18/h4-6,9-10,16H,7-8H2,1-3H3,(H,17,18). The number of carbonyl (C=O) groups is 1. The van der Waals surface area contributed by atoms with E-state index in [-0.39, 0.29) is 0 Å². The van der Waals surface area contributed by atoms with Gasteiger partial charge in [0, 0.05) is 11.0 Å². The molecule has 19 heavy (non-hydrogen) atoms. The van der Waals surface area contributed by atoms with Crippen molar-refractivity contribution in [1.29, 1.82) is 0 Å². The van der Waals surface area contributed by atoms with E-state index in [0.717, 1.165) is 23.1 Å². The third-order valence-electron chi connectivity index (χ3n) is 2.55. The van der Waals surface area contributed by atoms with Crippen molar-refractivity contribution >= 4 is 21.9 Å². The van der Waals surface area contributed by atoms with Gasteiger partial charge in [-0.25, -0.2) is 4.79 Å². The number of hydrogen-bond donors (Lipinski definition) is 2. The van der Waals surface area contributed by atoms with Crippen LogP contribution in [-0.4, -0.2) is 23.7 Å². The lowest BCUT2D eigenvalue weighted by Crippen LogP contribution is -2.23. The fourth-order valence-corrected chi connectivity index (χ4v) is 1.90. The minimum Gasteiger partial charge on any atom is -0.479 e. The summed E-state index contributed by atoms with van der Waals surface area (Å²) in [4.78, 5) is 10.8. The topological polar surface area (TPSA) is 58.6 Å². The molecule has 0 bridgehead atoms. The molecule has 1 unspecified atom stereocenters. The zero-order chi connectivity index (χ0) is 14.4. The van der Waals surface area contributed by atoms with E-state index in [1.807, 2.05) is 12.1 Å². The van der Waals surface area contributed by atoms with Crippen LogP contribution in [0.3, 0.4) is 0 Å². The number of rotatable bonds is 7. The number of carboxylic acids is 1. The molecule has 2 N–H and O–H groups in total. The number of nitrogens with one attached hydrogen (secondary N) is 1. The Morgan fingerprint density at radius 1 is 1.42 bits per heavy atom. The summed E-state index contributed by atoms with van der Waals surface area (Å²) >= 11 is 3.48. The zero-order valence-corrected chi connectivity index (χ0v) is 13.0. The highest BCUT2D eigenvalue weighted by Crippen LogP contribution is 2.23. The molecule has 0 fully saturated rings. The van der Waals surface area contributed by atoms with Gasteiger partial charge >= 0.3 is 5.97 Å². The SMILES string of the molecule is CC(C)CNCc1cc(OC(C)C(=O)O)ccc1Br. The molecule has 0 aromatic heterocycles. The Bertz CT molecular complexity index is 435.